The van der Waals surface area contributed by atoms with E-state index in [1.165, 1.54) is 8.27 Å². The smallest absolute Gasteiger partial charge is 0.100 e. The highest BCUT2D eigenvalue weighted by molar-refractivity contribution is 14.1. The van der Waals surface area contributed by atoms with E-state index < -0.39 is 0 Å². The lowest BCUT2D eigenvalue weighted by Gasteiger charge is -1.94. The van der Waals surface area contributed by atoms with Crippen molar-refractivity contribution < 1.29 is 0 Å². The average molecular weight is 317 g/mol. The highest BCUT2D eigenvalue weighted by Gasteiger charge is 2.04. The van der Waals surface area contributed by atoms with Gasteiger partial charge in [-0.2, -0.15) is 5.26 Å². The molecule has 0 aliphatic rings. The Morgan fingerprint density at radius 2 is 2.15 bits per heavy atom. The Morgan fingerprint density at radius 3 is 2.85 bits per heavy atom. The summed E-state index contributed by atoms with van der Waals surface area (Å²) < 4.78 is 2.38. The third-order valence-corrected chi connectivity index (χ3v) is 3.95. The Balaban J connectivity index is 2.82. The summed E-state index contributed by atoms with van der Waals surface area (Å²) in [6, 6.07) is 8.06. The zero-order valence-corrected chi connectivity index (χ0v) is 10.3. The van der Waals surface area contributed by atoms with Crippen LogP contribution >= 0.6 is 46.6 Å². The van der Waals surface area contributed by atoms with Crippen LogP contribution in [0.3, 0.4) is 0 Å². The van der Waals surface area contributed by atoms with Crippen LogP contribution in [0.15, 0.2) is 23.1 Å². The van der Waals surface area contributed by atoms with Crippen molar-refractivity contribution in [2.75, 3.05) is 0 Å². The average Bonchev–Trinajstić information content (AvgIpc) is 2.42. The van der Waals surface area contributed by atoms with E-state index in [0.29, 0.717) is 5.56 Å². The van der Waals surface area contributed by atoms with E-state index in [1.54, 1.807) is 11.3 Å². The van der Waals surface area contributed by atoms with Crippen molar-refractivity contribution in [3.8, 4) is 6.07 Å². The second-order valence-corrected chi connectivity index (χ2v) is 6.03. The van der Waals surface area contributed by atoms with E-state index in [4.69, 9.17) is 5.26 Å². The molecule has 64 valence electrons. The maximum absolute atomic E-state index is 8.79. The molecule has 0 aliphatic heterocycles. The lowest BCUT2D eigenvalue weighted by molar-refractivity contribution is 1.41. The Kier molecular flexibility index (Phi) is 2.49. The Labute approximate surface area is 98.9 Å². The molecule has 0 fully saturated rings. The van der Waals surface area contributed by atoms with Crippen molar-refractivity contribution in [1.82, 2.24) is 0 Å². The number of hydrogen-bond donors (Lipinski definition) is 1. The Bertz CT molecular complexity index is 510. The highest BCUT2D eigenvalue weighted by atomic mass is 127. The number of thiol groups is 1. The largest absolute Gasteiger partial charge is 0.192 e. The lowest BCUT2D eigenvalue weighted by Crippen LogP contribution is -1.75. The normalized spacial score (nSPS) is 10.2. The summed E-state index contributed by atoms with van der Waals surface area (Å²) in [6.07, 6.45) is 0. The molecule has 1 nitrogen and oxygen atoms in total. The number of thiophene rings is 1. The SMILES string of the molecule is N#Cc1cc2sc(I)cc2cc1S. The maximum Gasteiger partial charge on any atom is 0.100 e. The fourth-order valence-corrected chi connectivity index (χ4v) is 3.24. The molecule has 0 saturated heterocycles. The van der Waals surface area contributed by atoms with E-state index in [0.717, 1.165) is 9.60 Å². The Hall–Kier alpha value is -0.250. The van der Waals surface area contributed by atoms with Gasteiger partial charge in [0, 0.05) is 9.60 Å². The number of halogens is 1. The van der Waals surface area contributed by atoms with E-state index in [2.05, 4.69) is 47.4 Å². The molecule has 0 atom stereocenters. The van der Waals surface area contributed by atoms with Crippen molar-refractivity contribution >= 4 is 56.6 Å². The number of nitriles is 1. The molecule has 0 aliphatic carbocycles. The van der Waals surface area contributed by atoms with E-state index >= 15 is 0 Å². The van der Waals surface area contributed by atoms with E-state index in [1.807, 2.05) is 12.1 Å². The van der Waals surface area contributed by atoms with Crippen LogP contribution in [0.5, 0.6) is 0 Å². The molecular formula is C9H4INS2. The predicted molar refractivity (Wildman–Crippen MR) is 66.5 cm³/mol. The summed E-state index contributed by atoms with van der Waals surface area (Å²) in [5, 5.41) is 9.95. The predicted octanol–water partition coefficient (Wildman–Crippen LogP) is 3.67. The monoisotopic (exact) mass is 317 g/mol. The van der Waals surface area contributed by atoms with Crippen LogP contribution < -0.4 is 0 Å². The van der Waals surface area contributed by atoms with Gasteiger partial charge in [-0.1, -0.05) is 0 Å². The molecule has 0 N–H and O–H groups in total. The van der Waals surface area contributed by atoms with Gasteiger partial charge >= 0.3 is 0 Å². The summed E-state index contributed by atoms with van der Waals surface area (Å²) >= 11 is 8.21. The molecule has 0 radical (unpaired) electrons. The number of nitrogens with zero attached hydrogens (tertiary/aromatic N) is 1. The van der Waals surface area contributed by atoms with Crippen molar-refractivity contribution in [1.29, 1.82) is 5.26 Å². The van der Waals surface area contributed by atoms with Crippen LogP contribution in [0.2, 0.25) is 0 Å². The lowest BCUT2D eigenvalue weighted by atomic mass is 10.2. The van der Waals surface area contributed by atoms with Crippen molar-refractivity contribution in [2.45, 2.75) is 4.90 Å². The first-order chi connectivity index (χ1) is 6.20. The molecule has 2 aromatic rings. The molecule has 1 aromatic heterocycles. The molecular weight excluding hydrogens is 313 g/mol. The topological polar surface area (TPSA) is 23.8 Å². The summed E-state index contributed by atoms with van der Waals surface area (Å²) in [5.41, 5.74) is 0.647. The molecule has 0 unspecified atom stereocenters. The van der Waals surface area contributed by atoms with Gasteiger partial charge in [0.2, 0.25) is 0 Å². The number of rotatable bonds is 0. The van der Waals surface area contributed by atoms with Crippen molar-refractivity contribution in [2.24, 2.45) is 0 Å². The van der Waals surface area contributed by atoms with Crippen molar-refractivity contribution in [3.63, 3.8) is 0 Å². The van der Waals surface area contributed by atoms with Gasteiger partial charge < -0.3 is 0 Å². The standard InChI is InChI=1S/C9H4INS2/c10-9-3-5-1-7(12)6(4-11)2-8(5)13-9/h1-3,12H. The molecule has 0 amide bonds. The molecule has 0 bridgehead atoms. The summed E-state index contributed by atoms with van der Waals surface area (Å²) in [5.74, 6) is 0. The summed E-state index contributed by atoms with van der Waals surface area (Å²) in [4.78, 5) is 0.754. The van der Waals surface area contributed by atoms with Crippen LogP contribution in [0.25, 0.3) is 10.1 Å². The van der Waals surface area contributed by atoms with E-state index in [9.17, 15) is 0 Å². The number of hydrogen-bond acceptors (Lipinski definition) is 3. The van der Waals surface area contributed by atoms with Gasteiger partial charge in [0.15, 0.2) is 0 Å². The third-order valence-electron chi connectivity index (χ3n) is 1.73. The van der Waals surface area contributed by atoms with Gasteiger partial charge in [-0.25, -0.2) is 0 Å². The molecule has 2 rings (SSSR count). The van der Waals surface area contributed by atoms with Gasteiger partial charge in [0.25, 0.3) is 0 Å². The van der Waals surface area contributed by atoms with Gasteiger partial charge in [-0.3, -0.25) is 0 Å². The summed E-state index contributed by atoms with van der Waals surface area (Å²) in [6.45, 7) is 0. The fraction of sp³-hybridized carbons (Fsp3) is 0. The maximum atomic E-state index is 8.79. The minimum Gasteiger partial charge on any atom is -0.192 e. The Morgan fingerprint density at radius 1 is 1.38 bits per heavy atom. The number of fused-ring (bicyclic) bond motifs is 1. The van der Waals surface area contributed by atoms with Gasteiger partial charge in [0.1, 0.15) is 6.07 Å². The molecule has 0 saturated carbocycles. The van der Waals surface area contributed by atoms with Crippen LogP contribution in [0.4, 0.5) is 0 Å². The number of benzene rings is 1. The first kappa shape index (κ1) is 9.31. The molecule has 1 heterocycles. The zero-order valence-electron chi connectivity index (χ0n) is 6.41. The minimum absolute atomic E-state index is 0.647. The fourth-order valence-electron chi connectivity index (χ4n) is 1.13. The van der Waals surface area contributed by atoms with Crippen molar-refractivity contribution in [3.05, 3.63) is 26.6 Å². The van der Waals surface area contributed by atoms with Crippen LogP contribution in [-0.4, -0.2) is 0 Å². The van der Waals surface area contributed by atoms with Gasteiger partial charge in [-0.05, 0) is 46.2 Å². The molecule has 1 aromatic carbocycles. The van der Waals surface area contributed by atoms with Gasteiger partial charge in [0.05, 0.1) is 8.45 Å². The van der Waals surface area contributed by atoms with Crippen LogP contribution in [0, 0.1) is 14.2 Å². The third kappa shape index (κ3) is 1.68. The second kappa shape index (κ2) is 3.48. The highest BCUT2D eigenvalue weighted by Crippen LogP contribution is 2.30. The quantitative estimate of drug-likeness (QED) is 0.582. The first-order valence-corrected chi connectivity index (χ1v) is 5.87. The summed E-state index contributed by atoms with van der Waals surface area (Å²) in [7, 11) is 0. The zero-order chi connectivity index (χ0) is 9.42. The molecule has 4 heteroatoms. The van der Waals surface area contributed by atoms with Gasteiger partial charge in [-0.15, -0.1) is 24.0 Å². The first-order valence-electron chi connectivity index (χ1n) is 3.53. The molecule has 13 heavy (non-hydrogen) atoms. The van der Waals surface area contributed by atoms with Crippen LogP contribution in [0.1, 0.15) is 5.56 Å². The van der Waals surface area contributed by atoms with Crippen LogP contribution in [-0.2, 0) is 0 Å². The molecule has 0 spiro atoms. The minimum atomic E-state index is 0.647. The second-order valence-electron chi connectivity index (χ2n) is 2.57. The van der Waals surface area contributed by atoms with E-state index in [-0.39, 0.29) is 0 Å².